The molecular weight excluding hydrogens is 270 g/mol. The second-order valence-corrected chi connectivity index (χ2v) is 5.29. The molecule has 0 heterocycles. The third-order valence-corrected chi connectivity index (χ3v) is 3.44. The van der Waals surface area contributed by atoms with Crippen molar-refractivity contribution in [2.75, 3.05) is 24.3 Å². The zero-order valence-electron chi connectivity index (χ0n) is 12.5. The van der Waals surface area contributed by atoms with Gasteiger partial charge in [-0.3, -0.25) is 0 Å². The lowest BCUT2D eigenvalue weighted by Gasteiger charge is -2.16. The van der Waals surface area contributed by atoms with Crippen LogP contribution in [-0.4, -0.2) is 14.1 Å². The van der Waals surface area contributed by atoms with E-state index < -0.39 is 6.43 Å². The molecule has 0 unspecified atom stereocenters. The molecule has 0 aliphatic carbocycles. The fourth-order valence-electron chi connectivity index (χ4n) is 2.10. The smallest absolute Gasteiger partial charge is 0.263 e. The summed E-state index contributed by atoms with van der Waals surface area (Å²) in [6.45, 7) is 2.67. The molecule has 1 N–H and O–H groups in total. The topological polar surface area (TPSA) is 15.3 Å². The number of anilines is 2. The lowest BCUT2D eigenvalue weighted by atomic mass is 10.1. The maximum Gasteiger partial charge on any atom is 0.263 e. The van der Waals surface area contributed by atoms with Crippen molar-refractivity contribution in [3.05, 3.63) is 59.2 Å². The van der Waals surface area contributed by atoms with E-state index in [1.807, 2.05) is 20.2 Å². The van der Waals surface area contributed by atoms with Crippen molar-refractivity contribution >= 4 is 11.4 Å². The van der Waals surface area contributed by atoms with Crippen LogP contribution in [0.25, 0.3) is 0 Å². The highest BCUT2D eigenvalue weighted by Crippen LogP contribution is 2.23. The zero-order valence-corrected chi connectivity index (χ0v) is 12.5. The first-order valence-electron chi connectivity index (χ1n) is 6.86. The molecule has 0 aromatic heterocycles. The van der Waals surface area contributed by atoms with Gasteiger partial charge in [0, 0.05) is 37.6 Å². The summed E-state index contributed by atoms with van der Waals surface area (Å²) in [6.07, 6.45) is -2.41. The summed E-state index contributed by atoms with van der Waals surface area (Å²) in [7, 11) is 4.01. The number of aryl methyl sites for hydroxylation is 1. The summed E-state index contributed by atoms with van der Waals surface area (Å²) in [5.41, 5.74) is 4.41. The molecule has 0 atom stereocenters. The van der Waals surface area contributed by atoms with Gasteiger partial charge in [-0.1, -0.05) is 24.3 Å². The van der Waals surface area contributed by atoms with Gasteiger partial charge < -0.3 is 10.2 Å². The quantitative estimate of drug-likeness (QED) is 0.865. The number of benzene rings is 2. The van der Waals surface area contributed by atoms with Gasteiger partial charge in [0.15, 0.2) is 0 Å². The van der Waals surface area contributed by atoms with Gasteiger partial charge >= 0.3 is 0 Å². The van der Waals surface area contributed by atoms with Crippen LogP contribution in [0.3, 0.4) is 0 Å². The Morgan fingerprint density at radius 3 is 2.24 bits per heavy atom. The van der Waals surface area contributed by atoms with Gasteiger partial charge in [0.05, 0.1) is 0 Å². The lowest BCUT2D eigenvalue weighted by molar-refractivity contribution is 0.151. The second-order valence-electron chi connectivity index (χ2n) is 5.29. The molecule has 0 radical (unpaired) electrons. The number of nitrogens with one attached hydrogen (secondary N) is 1. The van der Waals surface area contributed by atoms with Crippen molar-refractivity contribution in [1.29, 1.82) is 0 Å². The Balaban J connectivity index is 2.02. The molecule has 0 aliphatic rings. The van der Waals surface area contributed by atoms with Gasteiger partial charge in [-0.05, 0) is 36.2 Å². The Labute approximate surface area is 124 Å². The summed E-state index contributed by atoms with van der Waals surface area (Å²) in [4.78, 5) is 2.06. The predicted octanol–water partition coefficient (Wildman–Crippen LogP) is 4.61. The van der Waals surface area contributed by atoms with Crippen LogP contribution in [0, 0.1) is 6.92 Å². The normalized spacial score (nSPS) is 10.8. The summed E-state index contributed by atoms with van der Waals surface area (Å²) in [5, 5.41) is 3.34. The Hall–Kier alpha value is -2.10. The van der Waals surface area contributed by atoms with E-state index in [1.54, 1.807) is 12.1 Å². The minimum absolute atomic E-state index is 0.0604. The van der Waals surface area contributed by atoms with Gasteiger partial charge in [-0.15, -0.1) is 0 Å². The third-order valence-electron chi connectivity index (χ3n) is 3.44. The summed E-state index contributed by atoms with van der Waals surface area (Å²) < 4.78 is 25.0. The Kier molecular flexibility index (Phi) is 4.78. The van der Waals surface area contributed by atoms with E-state index in [-0.39, 0.29) is 5.56 Å². The molecule has 0 saturated carbocycles. The minimum Gasteiger partial charge on any atom is -0.381 e. The Morgan fingerprint density at radius 2 is 1.71 bits per heavy atom. The zero-order chi connectivity index (χ0) is 15.4. The number of halogens is 2. The molecule has 0 aliphatic heterocycles. The van der Waals surface area contributed by atoms with Gasteiger partial charge in [0.1, 0.15) is 0 Å². The average molecular weight is 290 g/mol. The van der Waals surface area contributed by atoms with Crippen molar-refractivity contribution in [3.8, 4) is 0 Å². The first kappa shape index (κ1) is 15.3. The third kappa shape index (κ3) is 3.94. The molecular formula is C17H20F2N2. The molecule has 21 heavy (non-hydrogen) atoms. The van der Waals surface area contributed by atoms with Crippen LogP contribution in [0.5, 0.6) is 0 Å². The van der Waals surface area contributed by atoms with Gasteiger partial charge in [0.2, 0.25) is 0 Å². The monoisotopic (exact) mass is 290 g/mol. The summed E-state index contributed by atoms with van der Waals surface area (Å²) in [6, 6.07) is 12.6. The summed E-state index contributed by atoms with van der Waals surface area (Å²) >= 11 is 0. The number of rotatable bonds is 5. The van der Waals surface area contributed by atoms with Crippen LogP contribution in [0.4, 0.5) is 20.2 Å². The molecule has 0 saturated heterocycles. The molecule has 0 amide bonds. The van der Waals surface area contributed by atoms with Crippen molar-refractivity contribution < 1.29 is 8.78 Å². The molecule has 112 valence electrons. The van der Waals surface area contributed by atoms with Crippen molar-refractivity contribution in [3.63, 3.8) is 0 Å². The first-order chi connectivity index (χ1) is 9.97. The van der Waals surface area contributed by atoms with Gasteiger partial charge in [-0.2, -0.15) is 0 Å². The largest absolute Gasteiger partial charge is 0.381 e. The van der Waals surface area contributed by atoms with Crippen LogP contribution in [0.1, 0.15) is 23.1 Å². The van der Waals surface area contributed by atoms with E-state index >= 15 is 0 Å². The molecule has 2 aromatic carbocycles. The van der Waals surface area contributed by atoms with Crippen LogP contribution in [0.2, 0.25) is 0 Å². The predicted molar refractivity (Wildman–Crippen MR) is 84.2 cm³/mol. The van der Waals surface area contributed by atoms with Crippen LogP contribution in [-0.2, 0) is 6.54 Å². The standard InChI is InChI=1S/C17H20F2N2/c1-12-10-15(21(2)3)8-9-16(12)20-11-13-4-6-14(7-5-13)17(18)19/h4-10,17,20H,11H2,1-3H3. The molecule has 0 bridgehead atoms. The van der Waals surface area contributed by atoms with E-state index in [2.05, 4.69) is 29.3 Å². The average Bonchev–Trinajstić information content (AvgIpc) is 2.46. The molecule has 4 heteroatoms. The maximum absolute atomic E-state index is 12.5. The van der Waals surface area contributed by atoms with E-state index in [9.17, 15) is 8.78 Å². The molecule has 0 fully saturated rings. The van der Waals surface area contributed by atoms with Crippen molar-refractivity contribution in [1.82, 2.24) is 0 Å². The molecule has 2 nitrogen and oxygen atoms in total. The number of alkyl halides is 2. The molecule has 2 rings (SSSR count). The van der Waals surface area contributed by atoms with Crippen LogP contribution in [0.15, 0.2) is 42.5 Å². The maximum atomic E-state index is 12.5. The molecule has 0 spiro atoms. The Bertz CT molecular complexity index is 592. The number of nitrogens with zero attached hydrogens (tertiary/aromatic N) is 1. The Morgan fingerprint density at radius 1 is 1.05 bits per heavy atom. The van der Waals surface area contributed by atoms with Crippen molar-refractivity contribution in [2.45, 2.75) is 19.9 Å². The van der Waals surface area contributed by atoms with Gasteiger partial charge in [0.25, 0.3) is 6.43 Å². The molecule has 2 aromatic rings. The van der Waals surface area contributed by atoms with Gasteiger partial charge in [-0.25, -0.2) is 8.78 Å². The first-order valence-corrected chi connectivity index (χ1v) is 6.86. The summed E-state index contributed by atoms with van der Waals surface area (Å²) in [5.74, 6) is 0. The highest BCUT2D eigenvalue weighted by Gasteiger charge is 2.06. The highest BCUT2D eigenvalue weighted by atomic mass is 19.3. The highest BCUT2D eigenvalue weighted by molar-refractivity contribution is 5.59. The fourth-order valence-corrected chi connectivity index (χ4v) is 2.10. The second kappa shape index (κ2) is 6.57. The SMILES string of the molecule is Cc1cc(N(C)C)ccc1NCc1ccc(C(F)F)cc1. The fraction of sp³-hybridized carbons (Fsp3) is 0.294. The lowest BCUT2D eigenvalue weighted by Crippen LogP contribution is -2.09. The number of hydrogen-bond donors (Lipinski definition) is 1. The van der Waals surface area contributed by atoms with E-state index in [4.69, 9.17) is 0 Å². The van der Waals surface area contributed by atoms with E-state index in [0.717, 1.165) is 22.5 Å². The minimum atomic E-state index is -2.41. The van der Waals surface area contributed by atoms with Crippen molar-refractivity contribution in [2.24, 2.45) is 0 Å². The number of hydrogen-bond acceptors (Lipinski definition) is 2. The van der Waals surface area contributed by atoms with Crippen LogP contribution < -0.4 is 10.2 Å². The van der Waals surface area contributed by atoms with E-state index in [0.29, 0.717) is 6.54 Å². The van der Waals surface area contributed by atoms with E-state index in [1.165, 1.54) is 12.1 Å². The van der Waals surface area contributed by atoms with Crippen LogP contribution >= 0.6 is 0 Å².